The number of hydrogen-bond donors (Lipinski definition) is 2. The molecule has 1 amide bonds. The van der Waals surface area contributed by atoms with Gasteiger partial charge in [-0.05, 0) is 31.9 Å². The van der Waals surface area contributed by atoms with Gasteiger partial charge in [0.1, 0.15) is 6.54 Å². The van der Waals surface area contributed by atoms with Crippen LogP contribution in [0.1, 0.15) is 26.3 Å². The molecule has 1 aromatic carbocycles. The van der Waals surface area contributed by atoms with E-state index in [0.29, 0.717) is 0 Å². The Morgan fingerprint density at radius 3 is 2.25 bits per heavy atom. The molecule has 1 unspecified atom stereocenters. The van der Waals surface area contributed by atoms with Crippen molar-refractivity contribution in [2.45, 2.75) is 38.6 Å². The predicted octanol–water partition coefficient (Wildman–Crippen LogP) is 0.977. The molecule has 0 aliphatic carbocycles. The average Bonchev–Trinajstić information content (AvgIpc) is 2.51. The third-order valence-electron chi connectivity index (χ3n) is 3.49. The molecule has 0 bridgehead atoms. The fourth-order valence-corrected chi connectivity index (χ4v) is 2.58. The summed E-state index contributed by atoms with van der Waals surface area (Å²) < 4.78 is 30.9. The fraction of sp³-hybridized carbons (Fsp3) is 0.500. The highest BCUT2D eigenvalue weighted by Crippen LogP contribution is 2.09. The number of benzene rings is 1. The van der Waals surface area contributed by atoms with Crippen LogP contribution in [0.2, 0.25) is 0 Å². The van der Waals surface area contributed by atoms with E-state index >= 15 is 0 Å². The molecule has 134 valence electrons. The molecule has 24 heavy (non-hydrogen) atoms. The highest BCUT2D eigenvalue weighted by atomic mass is 32.2. The van der Waals surface area contributed by atoms with Crippen LogP contribution in [0, 0.1) is 12.8 Å². The first-order valence-electron chi connectivity index (χ1n) is 7.63. The van der Waals surface area contributed by atoms with Crippen LogP contribution >= 0.6 is 0 Å². The molecule has 1 rings (SSSR count). The minimum atomic E-state index is -3.79. The second kappa shape index (κ2) is 8.79. The molecule has 0 radical (unpaired) electrons. The minimum absolute atomic E-state index is 0.0451. The Morgan fingerprint density at radius 2 is 1.71 bits per heavy atom. The van der Waals surface area contributed by atoms with Crippen LogP contribution in [0.5, 0.6) is 0 Å². The molecule has 0 aromatic heterocycles. The Bertz CT molecular complexity index is 668. The Kier molecular flexibility index (Phi) is 7.37. The maximum Gasteiger partial charge on any atom is 0.321 e. The molecule has 0 saturated heterocycles. The molecule has 0 saturated carbocycles. The summed E-state index contributed by atoms with van der Waals surface area (Å²) >= 11 is 0. The zero-order chi connectivity index (χ0) is 18.3. The average molecular weight is 356 g/mol. The number of amides is 1. The highest BCUT2D eigenvalue weighted by molar-refractivity contribution is 7.89. The van der Waals surface area contributed by atoms with E-state index in [0.717, 1.165) is 5.56 Å². The Morgan fingerprint density at radius 1 is 1.12 bits per heavy atom. The number of sulfonamides is 1. The van der Waals surface area contributed by atoms with Crippen molar-refractivity contribution in [1.82, 2.24) is 10.0 Å². The molecule has 2 N–H and O–H groups in total. The second-order valence-corrected chi connectivity index (χ2v) is 7.67. The molecule has 0 heterocycles. The van der Waals surface area contributed by atoms with Crippen molar-refractivity contribution in [3.63, 3.8) is 0 Å². The topological polar surface area (TPSA) is 102 Å². The van der Waals surface area contributed by atoms with Gasteiger partial charge in [-0.25, -0.2) is 8.42 Å². The van der Waals surface area contributed by atoms with Crippen LogP contribution in [-0.4, -0.2) is 39.5 Å². The smallest absolute Gasteiger partial charge is 0.321 e. The number of carbonyl (C=O) groups is 2. The number of aryl methyl sites for hydroxylation is 1. The zero-order valence-electron chi connectivity index (χ0n) is 14.3. The van der Waals surface area contributed by atoms with Crippen LogP contribution in [-0.2, 0) is 24.3 Å². The quantitative estimate of drug-likeness (QED) is 0.676. The molecule has 0 fully saturated rings. The van der Waals surface area contributed by atoms with Crippen LogP contribution in [0.3, 0.4) is 0 Å². The first-order valence-corrected chi connectivity index (χ1v) is 9.11. The van der Waals surface area contributed by atoms with Crippen molar-refractivity contribution in [3.05, 3.63) is 29.8 Å². The van der Waals surface area contributed by atoms with Gasteiger partial charge >= 0.3 is 5.97 Å². The second-order valence-electron chi connectivity index (χ2n) is 5.90. The van der Waals surface area contributed by atoms with Gasteiger partial charge in [0.2, 0.25) is 10.0 Å². The zero-order valence-corrected chi connectivity index (χ0v) is 15.1. The van der Waals surface area contributed by atoms with E-state index in [1.54, 1.807) is 12.1 Å². The largest absolute Gasteiger partial charge is 0.455 e. The maximum absolute atomic E-state index is 12.0. The van der Waals surface area contributed by atoms with Gasteiger partial charge in [0.25, 0.3) is 5.91 Å². The summed E-state index contributed by atoms with van der Waals surface area (Å²) in [5, 5.41) is 2.68. The fourth-order valence-electron chi connectivity index (χ4n) is 1.61. The molecular weight excluding hydrogens is 332 g/mol. The summed E-state index contributed by atoms with van der Waals surface area (Å²) in [5.41, 5.74) is 0.926. The number of esters is 1. The number of hydrogen-bond acceptors (Lipinski definition) is 5. The minimum Gasteiger partial charge on any atom is -0.455 e. The molecule has 1 atom stereocenters. The molecule has 8 heteroatoms. The molecule has 0 aliphatic rings. The molecule has 0 aliphatic heterocycles. The van der Waals surface area contributed by atoms with Crippen LogP contribution in [0.4, 0.5) is 0 Å². The lowest BCUT2D eigenvalue weighted by Crippen LogP contribution is -2.39. The van der Waals surface area contributed by atoms with Gasteiger partial charge in [-0.15, -0.1) is 0 Å². The van der Waals surface area contributed by atoms with E-state index in [-0.39, 0.29) is 16.9 Å². The van der Waals surface area contributed by atoms with Crippen molar-refractivity contribution in [3.8, 4) is 0 Å². The van der Waals surface area contributed by atoms with E-state index < -0.39 is 35.1 Å². The van der Waals surface area contributed by atoms with Gasteiger partial charge in [0.05, 0.1) is 4.90 Å². The van der Waals surface area contributed by atoms with Crippen molar-refractivity contribution >= 4 is 21.9 Å². The molecule has 0 spiro atoms. The summed E-state index contributed by atoms with van der Waals surface area (Å²) in [6, 6.07) is 6.17. The van der Waals surface area contributed by atoms with E-state index in [1.807, 2.05) is 27.7 Å². The normalized spacial score (nSPS) is 12.7. The number of nitrogens with one attached hydrogen (secondary N) is 2. The first kappa shape index (κ1) is 20.1. The van der Waals surface area contributed by atoms with Gasteiger partial charge in [0.15, 0.2) is 6.61 Å². The van der Waals surface area contributed by atoms with Crippen molar-refractivity contribution in [2.75, 3.05) is 13.2 Å². The van der Waals surface area contributed by atoms with Crippen LogP contribution in [0.25, 0.3) is 0 Å². The summed E-state index contributed by atoms with van der Waals surface area (Å²) in [5.74, 6) is -0.991. The lowest BCUT2D eigenvalue weighted by Gasteiger charge is -2.17. The lowest BCUT2D eigenvalue weighted by molar-refractivity contribution is -0.147. The summed E-state index contributed by atoms with van der Waals surface area (Å²) in [7, 11) is -3.79. The van der Waals surface area contributed by atoms with Gasteiger partial charge in [-0.1, -0.05) is 31.5 Å². The number of carbonyl (C=O) groups excluding carboxylic acids is 2. The van der Waals surface area contributed by atoms with Crippen molar-refractivity contribution in [1.29, 1.82) is 0 Å². The van der Waals surface area contributed by atoms with Gasteiger partial charge in [-0.2, -0.15) is 4.72 Å². The molecule has 7 nitrogen and oxygen atoms in total. The Balaban J connectivity index is 2.43. The van der Waals surface area contributed by atoms with Crippen LogP contribution < -0.4 is 10.0 Å². The molecular formula is C16H24N2O5S. The standard InChI is InChI=1S/C16H24N2O5S/c1-11(2)13(4)18-15(19)10-23-16(20)9-17-24(21,22)14-7-5-12(3)6-8-14/h5-8,11,13,17H,9-10H2,1-4H3,(H,18,19). The summed E-state index contributed by atoms with van der Waals surface area (Å²) in [6.45, 7) is 6.62. The lowest BCUT2D eigenvalue weighted by atomic mass is 10.1. The van der Waals surface area contributed by atoms with Crippen molar-refractivity contribution < 1.29 is 22.7 Å². The number of rotatable bonds is 8. The van der Waals surface area contributed by atoms with Gasteiger partial charge < -0.3 is 10.1 Å². The SMILES string of the molecule is Cc1ccc(S(=O)(=O)NCC(=O)OCC(=O)NC(C)C(C)C)cc1. The molecule has 1 aromatic rings. The third-order valence-corrected chi connectivity index (χ3v) is 4.91. The van der Waals surface area contributed by atoms with E-state index in [2.05, 4.69) is 10.0 Å². The Labute approximate surface area is 142 Å². The highest BCUT2D eigenvalue weighted by Gasteiger charge is 2.17. The summed E-state index contributed by atoms with van der Waals surface area (Å²) in [4.78, 5) is 23.2. The van der Waals surface area contributed by atoms with Gasteiger partial charge in [0, 0.05) is 6.04 Å². The monoisotopic (exact) mass is 356 g/mol. The first-order chi connectivity index (χ1) is 11.1. The van der Waals surface area contributed by atoms with E-state index in [4.69, 9.17) is 4.74 Å². The van der Waals surface area contributed by atoms with E-state index in [1.165, 1.54) is 12.1 Å². The Hall–Kier alpha value is -1.93. The maximum atomic E-state index is 12.0. The third kappa shape index (κ3) is 6.67. The predicted molar refractivity (Wildman–Crippen MR) is 89.8 cm³/mol. The number of ether oxygens (including phenoxy) is 1. The van der Waals surface area contributed by atoms with Gasteiger partial charge in [-0.3, -0.25) is 9.59 Å². The van der Waals surface area contributed by atoms with E-state index in [9.17, 15) is 18.0 Å². The summed E-state index contributed by atoms with van der Waals surface area (Å²) in [6.07, 6.45) is 0. The van der Waals surface area contributed by atoms with Crippen molar-refractivity contribution in [2.24, 2.45) is 5.92 Å². The van der Waals surface area contributed by atoms with Crippen LogP contribution in [0.15, 0.2) is 29.2 Å².